The van der Waals surface area contributed by atoms with Gasteiger partial charge in [-0.25, -0.2) is 0 Å². The van der Waals surface area contributed by atoms with Crippen LogP contribution in [0.1, 0.15) is 38.8 Å². The van der Waals surface area contributed by atoms with Crippen LogP contribution >= 0.6 is 0 Å². The van der Waals surface area contributed by atoms with Crippen LogP contribution in [-0.4, -0.2) is 29.8 Å². The number of aromatic nitrogens is 2. The molecule has 1 N–H and O–H groups in total. The van der Waals surface area contributed by atoms with Gasteiger partial charge in [-0.2, -0.15) is 5.10 Å². The van der Waals surface area contributed by atoms with Gasteiger partial charge in [-0.1, -0.05) is 20.3 Å². The van der Waals surface area contributed by atoms with Crippen molar-refractivity contribution in [3.8, 4) is 0 Å². The minimum Gasteiger partial charge on any atom is -0.358 e. The molecule has 1 aliphatic rings. The SMILES string of the molecule is CC(C)NCc1ccc(N(C)CC2CCC2)nn1. The quantitative estimate of drug-likeness (QED) is 0.838. The topological polar surface area (TPSA) is 41.0 Å². The summed E-state index contributed by atoms with van der Waals surface area (Å²) < 4.78 is 0. The molecule has 0 atom stereocenters. The number of hydrogen-bond acceptors (Lipinski definition) is 4. The fourth-order valence-electron chi connectivity index (χ4n) is 2.12. The highest BCUT2D eigenvalue weighted by Gasteiger charge is 2.19. The van der Waals surface area contributed by atoms with E-state index in [-0.39, 0.29) is 0 Å². The fraction of sp³-hybridized carbons (Fsp3) is 0.714. The van der Waals surface area contributed by atoms with Crippen molar-refractivity contribution in [3.63, 3.8) is 0 Å². The lowest BCUT2D eigenvalue weighted by Crippen LogP contribution is -2.30. The summed E-state index contributed by atoms with van der Waals surface area (Å²) in [6.07, 6.45) is 4.13. The minimum atomic E-state index is 0.479. The molecule has 2 rings (SSSR count). The molecule has 18 heavy (non-hydrogen) atoms. The van der Waals surface area contributed by atoms with E-state index in [2.05, 4.69) is 53.4 Å². The standard InChI is InChI=1S/C14H24N4/c1-11(2)15-9-13-7-8-14(17-16-13)18(3)10-12-5-4-6-12/h7-8,11-12,15H,4-6,9-10H2,1-3H3. The molecule has 1 saturated carbocycles. The summed E-state index contributed by atoms with van der Waals surface area (Å²) in [6, 6.07) is 4.62. The van der Waals surface area contributed by atoms with E-state index in [0.29, 0.717) is 6.04 Å². The van der Waals surface area contributed by atoms with Crippen LogP contribution < -0.4 is 10.2 Å². The Morgan fingerprint density at radius 1 is 1.33 bits per heavy atom. The molecule has 1 heterocycles. The first-order valence-electron chi connectivity index (χ1n) is 6.92. The Bertz CT molecular complexity index is 357. The van der Waals surface area contributed by atoms with E-state index < -0.39 is 0 Å². The number of hydrogen-bond donors (Lipinski definition) is 1. The highest BCUT2D eigenvalue weighted by atomic mass is 15.2. The van der Waals surface area contributed by atoms with Crippen LogP contribution in [0.5, 0.6) is 0 Å². The van der Waals surface area contributed by atoms with Crippen LogP contribution in [0.15, 0.2) is 12.1 Å². The van der Waals surface area contributed by atoms with Gasteiger partial charge in [0.05, 0.1) is 5.69 Å². The van der Waals surface area contributed by atoms with Gasteiger partial charge in [0.2, 0.25) is 0 Å². The summed E-state index contributed by atoms with van der Waals surface area (Å²) in [5.74, 6) is 1.84. The van der Waals surface area contributed by atoms with Crippen molar-refractivity contribution in [1.29, 1.82) is 0 Å². The van der Waals surface area contributed by atoms with Crippen molar-refractivity contribution >= 4 is 5.82 Å². The average Bonchev–Trinajstić information content (AvgIpc) is 2.31. The highest BCUT2D eigenvalue weighted by Crippen LogP contribution is 2.27. The maximum absolute atomic E-state index is 4.30. The number of anilines is 1. The first kappa shape index (κ1) is 13.3. The molecule has 0 saturated heterocycles. The first-order chi connectivity index (χ1) is 8.65. The van der Waals surface area contributed by atoms with Gasteiger partial charge in [0.25, 0.3) is 0 Å². The monoisotopic (exact) mass is 248 g/mol. The molecule has 1 aromatic rings. The third-order valence-corrected chi connectivity index (χ3v) is 3.55. The van der Waals surface area contributed by atoms with Crippen molar-refractivity contribution in [1.82, 2.24) is 15.5 Å². The van der Waals surface area contributed by atoms with Gasteiger partial charge >= 0.3 is 0 Å². The molecule has 4 nitrogen and oxygen atoms in total. The van der Waals surface area contributed by atoms with Crippen LogP contribution in [0.25, 0.3) is 0 Å². The maximum Gasteiger partial charge on any atom is 0.150 e. The summed E-state index contributed by atoms with van der Waals surface area (Å²) >= 11 is 0. The van der Waals surface area contributed by atoms with Crippen molar-refractivity contribution in [3.05, 3.63) is 17.8 Å². The molecule has 1 aliphatic carbocycles. The zero-order valence-corrected chi connectivity index (χ0v) is 11.7. The van der Waals surface area contributed by atoms with Gasteiger partial charge in [0.15, 0.2) is 5.82 Å². The van der Waals surface area contributed by atoms with Crippen LogP contribution in [-0.2, 0) is 6.54 Å². The Morgan fingerprint density at radius 2 is 2.11 bits per heavy atom. The van der Waals surface area contributed by atoms with Crippen molar-refractivity contribution in [2.24, 2.45) is 5.92 Å². The third-order valence-electron chi connectivity index (χ3n) is 3.55. The number of rotatable bonds is 6. The van der Waals surface area contributed by atoms with E-state index in [4.69, 9.17) is 0 Å². The number of nitrogens with zero attached hydrogens (tertiary/aromatic N) is 3. The summed E-state index contributed by atoms with van der Waals surface area (Å²) in [6.45, 7) is 6.16. The second-order valence-electron chi connectivity index (χ2n) is 5.60. The van der Waals surface area contributed by atoms with Crippen molar-refractivity contribution < 1.29 is 0 Å². The van der Waals surface area contributed by atoms with Crippen LogP contribution in [0.2, 0.25) is 0 Å². The average molecular weight is 248 g/mol. The molecule has 0 aliphatic heterocycles. The molecular formula is C14H24N4. The van der Waals surface area contributed by atoms with E-state index in [1.165, 1.54) is 19.3 Å². The molecule has 0 amide bonds. The predicted molar refractivity (Wildman–Crippen MR) is 74.6 cm³/mol. The summed E-state index contributed by atoms with van der Waals surface area (Å²) in [7, 11) is 2.11. The normalized spacial score (nSPS) is 15.8. The summed E-state index contributed by atoms with van der Waals surface area (Å²) in [4.78, 5) is 2.22. The molecule has 0 aromatic carbocycles. The maximum atomic E-state index is 4.30. The molecule has 4 heteroatoms. The fourth-order valence-corrected chi connectivity index (χ4v) is 2.12. The molecule has 1 aromatic heterocycles. The van der Waals surface area contributed by atoms with E-state index in [9.17, 15) is 0 Å². The predicted octanol–water partition coefficient (Wildman–Crippen LogP) is 2.21. The Kier molecular flexibility index (Phi) is 4.53. The van der Waals surface area contributed by atoms with Gasteiger partial charge < -0.3 is 10.2 Å². The van der Waals surface area contributed by atoms with Crippen molar-refractivity contribution in [2.75, 3.05) is 18.5 Å². The van der Waals surface area contributed by atoms with Gasteiger partial charge in [0.1, 0.15) is 0 Å². The van der Waals surface area contributed by atoms with E-state index >= 15 is 0 Å². The lowest BCUT2D eigenvalue weighted by molar-refractivity contribution is 0.321. The van der Waals surface area contributed by atoms with E-state index in [0.717, 1.165) is 30.5 Å². The number of nitrogens with one attached hydrogen (secondary N) is 1. The summed E-state index contributed by atoms with van der Waals surface area (Å²) in [5, 5.41) is 11.9. The first-order valence-corrected chi connectivity index (χ1v) is 6.92. The Hall–Kier alpha value is -1.16. The second-order valence-corrected chi connectivity index (χ2v) is 5.60. The van der Waals surface area contributed by atoms with Gasteiger partial charge in [-0.3, -0.25) is 0 Å². The molecule has 0 radical (unpaired) electrons. The largest absolute Gasteiger partial charge is 0.358 e. The summed E-state index contributed by atoms with van der Waals surface area (Å²) in [5.41, 5.74) is 1.00. The smallest absolute Gasteiger partial charge is 0.150 e. The Morgan fingerprint density at radius 3 is 2.61 bits per heavy atom. The molecule has 0 unspecified atom stereocenters. The Labute approximate surface area is 110 Å². The van der Waals surface area contributed by atoms with Gasteiger partial charge in [-0.05, 0) is 30.9 Å². The molecule has 0 bridgehead atoms. The van der Waals surface area contributed by atoms with Crippen LogP contribution in [0.4, 0.5) is 5.82 Å². The zero-order chi connectivity index (χ0) is 13.0. The molecule has 100 valence electrons. The van der Waals surface area contributed by atoms with Crippen LogP contribution in [0, 0.1) is 5.92 Å². The van der Waals surface area contributed by atoms with Crippen molar-refractivity contribution in [2.45, 2.75) is 45.7 Å². The minimum absolute atomic E-state index is 0.479. The van der Waals surface area contributed by atoms with Gasteiger partial charge in [-0.15, -0.1) is 5.10 Å². The molecular weight excluding hydrogens is 224 g/mol. The Balaban J connectivity index is 1.85. The highest BCUT2D eigenvalue weighted by molar-refractivity contribution is 5.36. The lowest BCUT2D eigenvalue weighted by atomic mass is 9.85. The second kappa shape index (κ2) is 6.14. The zero-order valence-electron chi connectivity index (χ0n) is 11.7. The molecule has 1 fully saturated rings. The molecule has 0 spiro atoms. The van der Waals surface area contributed by atoms with Crippen LogP contribution in [0.3, 0.4) is 0 Å². The van der Waals surface area contributed by atoms with E-state index in [1.54, 1.807) is 0 Å². The lowest BCUT2D eigenvalue weighted by Gasteiger charge is -2.30. The van der Waals surface area contributed by atoms with E-state index in [1.807, 2.05) is 0 Å². The third kappa shape index (κ3) is 3.67. The van der Waals surface area contributed by atoms with Gasteiger partial charge in [0, 0.05) is 26.2 Å².